The van der Waals surface area contributed by atoms with Gasteiger partial charge in [0.1, 0.15) is 0 Å². The Kier molecular flexibility index (Phi) is 7.71. The van der Waals surface area contributed by atoms with E-state index in [2.05, 4.69) is 15.5 Å². The average Bonchev–Trinajstić information content (AvgIpc) is 3.84. The minimum atomic E-state index is -0.970. The third-order valence-electron chi connectivity index (χ3n) is 8.64. The third kappa shape index (κ3) is 5.30. The first-order valence-corrected chi connectivity index (χ1v) is 15.8. The van der Waals surface area contributed by atoms with Crippen molar-refractivity contribution in [2.75, 3.05) is 19.8 Å². The Morgan fingerprint density at radius 1 is 1.09 bits per heavy atom. The molecule has 2 atom stereocenters. The molecule has 12 heteroatoms. The summed E-state index contributed by atoms with van der Waals surface area (Å²) in [5.74, 6) is -1.25. The first-order chi connectivity index (χ1) is 21.4. The first kappa shape index (κ1) is 28.7. The van der Waals surface area contributed by atoms with Gasteiger partial charge in [-0.25, -0.2) is 8.78 Å². The summed E-state index contributed by atoms with van der Waals surface area (Å²) >= 11 is 1.25. The monoisotopic (exact) mass is 619 g/mol. The van der Waals surface area contributed by atoms with Crippen molar-refractivity contribution in [1.29, 1.82) is 0 Å². The Labute approximate surface area is 256 Å². The average molecular weight is 620 g/mol. The van der Waals surface area contributed by atoms with Crippen LogP contribution in [0.15, 0.2) is 34.7 Å². The van der Waals surface area contributed by atoms with Gasteiger partial charge in [0, 0.05) is 43.7 Å². The Balaban J connectivity index is 1.29. The molecule has 7 rings (SSSR count). The number of halogens is 2. The minimum Gasteiger partial charge on any atom is -0.421 e. The fourth-order valence-electron chi connectivity index (χ4n) is 6.49. The molecular weight excluding hydrogens is 588 g/mol. The van der Waals surface area contributed by atoms with Crippen molar-refractivity contribution in [3.05, 3.63) is 75.2 Å². The number of hydrogen-bond acceptors (Lipinski definition) is 8. The Morgan fingerprint density at radius 3 is 2.75 bits per heavy atom. The minimum absolute atomic E-state index is 0.0323. The number of aromatic nitrogens is 3. The summed E-state index contributed by atoms with van der Waals surface area (Å²) in [6.45, 7) is 3.93. The lowest BCUT2D eigenvalue weighted by Gasteiger charge is -2.22. The van der Waals surface area contributed by atoms with Crippen LogP contribution in [0.1, 0.15) is 81.0 Å². The second-order valence-corrected chi connectivity index (χ2v) is 12.7. The Bertz CT molecular complexity index is 1750. The molecule has 0 saturated carbocycles. The Morgan fingerprint density at radius 2 is 1.98 bits per heavy atom. The van der Waals surface area contributed by atoms with E-state index >= 15 is 0 Å². The zero-order chi connectivity index (χ0) is 30.4. The number of fused-ring (bicyclic) bond motifs is 3. The van der Waals surface area contributed by atoms with Crippen LogP contribution in [0.25, 0.3) is 21.9 Å². The van der Waals surface area contributed by atoms with Crippen LogP contribution in [0, 0.1) is 24.5 Å². The third-order valence-corrected chi connectivity index (χ3v) is 9.74. The molecule has 2 unspecified atom stereocenters. The van der Waals surface area contributed by atoms with Gasteiger partial charge in [0.25, 0.3) is 11.8 Å². The fraction of sp³-hybridized carbons (Fsp3) is 0.406. The van der Waals surface area contributed by atoms with Crippen LogP contribution in [0.4, 0.5) is 8.78 Å². The van der Waals surface area contributed by atoms with Crippen molar-refractivity contribution in [2.24, 2.45) is 5.92 Å². The van der Waals surface area contributed by atoms with Crippen LogP contribution in [0.5, 0.6) is 0 Å². The normalized spacial score (nSPS) is 19.3. The van der Waals surface area contributed by atoms with Gasteiger partial charge in [-0.2, -0.15) is 0 Å². The predicted molar refractivity (Wildman–Crippen MR) is 158 cm³/mol. The molecule has 3 aromatic heterocycles. The molecule has 6 heterocycles. The van der Waals surface area contributed by atoms with Crippen molar-refractivity contribution in [3.63, 3.8) is 0 Å². The molecule has 2 fully saturated rings. The molecule has 2 amide bonds. The molecule has 0 spiro atoms. The molecule has 4 aromatic rings. The van der Waals surface area contributed by atoms with Gasteiger partial charge in [-0.15, -0.1) is 21.5 Å². The number of thiophene rings is 1. The van der Waals surface area contributed by atoms with Gasteiger partial charge in [-0.3, -0.25) is 14.6 Å². The number of carbonyl (C=O) groups excluding carboxylic acids is 2. The standard InChI is InChI=1S/C32H31F2N5O4S/c1-17-37-38-31(43-17)26-22(9-7-18-4-3-13-42-16-18)36-29-23-5-2-12-39(23)32(41)28(29)27(26)24-10-11-25(44-24)30(40)35-15-19-6-8-20(33)21(34)14-19/h6,8,10-11,14,18,23H,2-5,7,9,12-13,15-16H2,1H3,(H,35,40). The van der Waals surface area contributed by atoms with E-state index in [0.717, 1.165) is 68.8 Å². The maximum absolute atomic E-state index is 13.9. The quantitative estimate of drug-likeness (QED) is 0.257. The van der Waals surface area contributed by atoms with Gasteiger partial charge in [-0.05, 0) is 74.3 Å². The summed E-state index contributed by atoms with van der Waals surface area (Å²) in [6.07, 6.45) is 5.42. The zero-order valence-corrected chi connectivity index (χ0v) is 25.0. The summed E-state index contributed by atoms with van der Waals surface area (Å²) in [6, 6.07) is 6.98. The maximum atomic E-state index is 13.9. The van der Waals surface area contributed by atoms with E-state index in [4.69, 9.17) is 14.1 Å². The fourth-order valence-corrected chi connectivity index (χ4v) is 7.47. The van der Waals surface area contributed by atoms with E-state index in [0.29, 0.717) is 62.7 Å². The van der Waals surface area contributed by atoms with Gasteiger partial charge in [0.15, 0.2) is 11.6 Å². The SMILES string of the molecule is Cc1nnc(-c2c(CCC3CCCOC3)nc3c(c2-c2ccc(C(=O)NCc4ccc(F)c(F)c4)s2)C(=O)N2CCCC32)o1. The second-order valence-electron chi connectivity index (χ2n) is 11.6. The molecule has 3 aliphatic heterocycles. The molecule has 44 heavy (non-hydrogen) atoms. The summed E-state index contributed by atoms with van der Waals surface area (Å²) < 4.78 is 38.7. The van der Waals surface area contributed by atoms with Crippen molar-refractivity contribution < 1.29 is 27.5 Å². The highest BCUT2D eigenvalue weighted by atomic mass is 32.1. The van der Waals surface area contributed by atoms with Crippen LogP contribution in [-0.4, -0.2) is 51.7 Å². The molecule has 0 bridgehead atoms. The lowest BCUT2D eigenvalue weighted by atomic mass is 9.91. The number of pyridine rings is 1. The van der Waals surface area contributed by atoms with Crippen molar-refractivity contribution in [3.8, 4) is 21.9 Å². The highest BCUT2D eigenvalue weighted by molar-refractivity contribution is 7.17. The summed E-state index contributed by atoms with van der Waals surface area (Å²) in [7, 11) is 0. The van der Waals surface area contributed by atoms with Crippen molar-refractivity contribution >= 4 is 23.2 Å². The van der Waals surface area contributed by atoms with E-state index in [1.807, 2.05) is 11.0 Å². The highest BCUT2D eigenvalue weighted by Gasteiger charge is 2.45. The first-order valence-electron chi connectivity index (χ1n) is 15.0. The van der Waals surface area contributed by atoms with E-state index in [-0.39, 0.29) is 24.4 Å². The molecule has 9 nitrogen and oxygen atoms in total. The van der Waals surface area contributed by atoms with Crippen molar-refractivity contribution in [2.45, 2.75) is 58.0 Å². The lowest BCUT2D eigenvalue weighted by molar-refractivity contribution is 0.0517. The maximum Gasteiger partial charge on any atom is 0.261 e. The van der Waals surface area contributed by atoms with Crippen molar-refractivity contribution in [1.82, 2.24) is 25.4 Å². The zero-order valence-electron chi connectivity index (χ0n) is 24.2. The van der Waals surface area contributed by atoms with E-state index in [1.165, 1.54) is 17.4 Å². The summed E-state index contributed by atoms with van der Waals surface area (Å²) in [4.78, 5) is 35.2. The predicted octanol–water partition coefficient (Wildman–Crippen LogP) is 6.03. The molecule has 3 aliphatic rings. The van der Waals surface area contributed by atoms with E-state index < -0.39 is 11.6 Å². The number of hydrogen-bond donors (Lipinski definition) is 1. The summed E-state index contributed by atoms with van der Waals surface area (Å²) in [5, 5.41) is 11.2. The number of amides is 2. The molecule has 1 aromatic carbocycles. The topological polar surface area (TPSA) is 110 Å². The van der Waals surface area contributed by atoms with Gasteiger partial charge in [-0.1, -0.05) is 6.07 Å². The largest absolute Gasteiger partial charge is 0.421 e. The van der Waals surface area contributed by atoms with E-state index in [9.17, 15) is 18.4 Å². The molecule has 0 radical (unpaired) electrons. The number of carbonyl (C=O) groups is 2. The molecular formula is C32H31F2N5O4S. The van der Waals surface area contributed by atoms with Crippen LogP contribution < -0.4 is 5.32 Å². The van der Waals surface area contributed by atoms with Gasteiger partial charge in [0.2, 0.25) is 11.8 Å². The van der Waals surface area contributed by atoms with Crippen LogP contribution in [0.3, 0.4) is 0 Å². The molecule has 228 valence electrons. The van der Waals surface area contributed by atoms with Gasteiger partial charge >= 0.3 is 0 Å². The highest BCUT2D eigenvalue weighted by Crippen LogP contribution is 2.49. The number of benzene rings is 1. The number of ether oxygens (including phenoxy) is 1. The number of aryl methyl sites for hydroxylation is 2. The molecule has 0 aliphatic carbocycles. The van der Waals surface area contributed by atoms with E-state index in [1.54, 1.807) is 13.0 Å². The summed E-state index contributed by atoms with van der Waals surface area (Å²) in [5.41, 5.74) is 3.83. The number of nitrogens with zero attached hydrogens (tertiary/aromatic N) is 4. The number of nitrogens with one attached hydrogen (secondary N) is 1. The van der Waals surface area contributed by atoms with Gasteiger partial charge < -0.3 is 19.4 Å². The lowest BCUT2D eigenvalue weighted by Crippen LogP contribution is -2.23. The Hall–Kier alpha value is -4.03. The van der Waals surface area contributed by atoms with Crippen LogP contribution >= 0.6 is 11.3 Å². The van der Waals surface area contributed by atoms with Crippen LogP contribution in [0.2, 0.25) is 0 Å². The molecule has 2 saturated heterocycles. The second kappa shape index (κ2) is 11.8. The smallest absolute Gasteiger partial charge is 0.261 e. The number of rotatable bonds is 8. The van der Waals surface area contributed by atoms with Gasteiger partial charge in [0.05, 0.1) is 33.4 Å². The van der Waals surface area contributed by atoms with Crippen LogP contribution in [-0.2, 0) is 17.7 Å². The molecule has 1 N–H and O–H groups in total.